The first kappa shape index (κ1) is 22.5. The molecule has 0 radical (unpaired) electrons. The molecule has 0 aliphatic heterocycles. The van der Waals surface area contributed by atoms with Crippen LogP contribution in [0.2, 0.25) is 0 Å². The molecule has 0 fully saturated rings. The van der Waals surface area contributed by atoms with Gasteiger partial charge in [-0.05, 0) is 46.2 Å². The average Bonchev–Trinajstić information content (AvgIpc) is 3.10. The van der Waals surface area contributed by atoms with Gasteiger partial charge in [0.2, 0.25) is 0 Å². The van der Waals surface area contributed by atoms with Gasteiger partial charge >= 0.3 is 0 Å². The van der Waals surface area contributed by atoms with Crippen LogP contribution in [0.15, 0.2) is 83.7 Å². The van der Waals surface area contributed by atoms with Crippen LogP contribution < -0.4 is 10.6 Å². The molecule has 0 aromatic heterocycles. The Bertz CT molecular complexity index is 811. The number of benzene rings is 2. The minimum atomic E-state index is -0.445. The van der Waals surface area contributed by atoms with E-state index in [1.807, 2.05) is 0 Å². The second-order valence-corrected chi connectivity index (χ2v) is 16.3. The van der Waals surface area contributed by atoms with Gasteiger partial charge in [0.25, 0.3) is 0 Å². The largest absolute Gasteiger partial charge is 0.0798 e. The first-order valence-corrected chi connectivity index (χ1v) is 13.4. The first-order valence-electron chi connectivity index (χ1n) is 10.7. The van der Waals surface area contributed by atoms with E-state index < -0.39 is 7.92 Å². The van der Waals surface area contributed by atoms with E-state index in [1.54, 1.807) is 10.9 Å². The van der Waals surface area contributed by atoms with E-state index in [0.717, 1.165) is 6.42 Å². The van der Waals surface area contributed by atoms with Gasteiger partial charge in [0.1, 0.15) is 0 Å². The quantitative estimate of drug-likeness (QED) is 0.431. The minimum Gasteiger partial charge on any atom is -0.0798 e. The maximum absolute atomic E-state index is 2.47. The van der Waals surface area contributed by atoms with Gasteiger partial charge in [0, 0.05) is 5.66 Å². The summed E-state index contributed by atoms with van der Waals surface area (Å²) < 4.78 is 0. The van der Waals surface area contributed by atoms with Crippen molar-refractivity contribution in [2.75, 3.05) is 0 Å². The second-order valence-electron chi connectivity index (χ2n) is 9.90. The molecule has 2 aromatic rings. The Morgan fingerprint density at radius 3 is 1.59 bits per heavy atom. The molecule has 1 aliphatic carbocycles. The van der Waals surface area contributed by atoms with Crippen molar-refractivity contribution in [1.82, 2.24) is 0 Å². The third-order valence-electron chi connectivity index (χ3n) is 5.46. The zero-order valence-electron chi connectivity index (χ0n) is 19.1. The zero-order valence-corrected chi connectivity index (χ0v) is 20.9. The molecule has 0 unspecified atom stereocenters. The van der Waals surface area contributed by atoms with Gasteiger partial charge in [-0.25, -0.2) is 0 Å². The molecule has 2 heteroatoms. The molecular formula is C27H36P2. The SMILES string of the molecule is C[C@H](C1=C(P(C(C)(C)C)C(C)(C)C)CC=C1)P(c1ccccc1)c1ccccc1. The summed E-state index contributed by atoms with van der Waals surface area (Å²) in [6, 6.07) is 22.3. The smallest absolute Gasteiger partial charge is 0.00968 e. The molecule has 0 N–H and O–H groups in total. The molecule has 154 valence electrons. The van der Waals surface area contributed by atoms with Crippen LogP contribution in [-0.2, 0) is 0 Å². The molecular weight excluding hydrogens is 386 g/mol. The highest BCUT2D eigenvalue weighted by atomic mass is 31.1. The predicted molar refractivity (Wildman–Crippen MR) is 136 cm³/mol. The van der Waals surface area contributed by atoms with Gasteiger partial charge in [-0.3, -0.25) is 0 Å². The van der Waals surface area contributed by atoms with E-state index in [4.69, 9.17) is 0 Å². The van der Waals surface area contributed by atoms with Crippen LogP contribution in [0.5, 0.6) is 0 Å². The molecule has 3 rings (SSSR count). The molecule has 0 saturated carbocycles. The van der Waals surface area contributed by atoms with Gasteiger partial charge in [0.05, 0.1) is 0 Å². The van der Waals surface area contributed by atoms with Crippen molar-refractivity contribution in [3.63, 3.8) is 0 Å². The van der Waals surface area contributed by atoms with Crippen molar-refractivity contribution in [3.05, 3.63) is 83.7 Å². The van der Waals surface area contributed by atoms with E-state index in [0.29, 0.717) is 16.0 Å². The van der Waals surface area contributed by atoms with Crippen molar-refractivity contribution in [2.45, 2.75) is 70.9 Å². The molecule has 29 heavy (non-hydrogen) atoms. The maximum Gasteiger partial charge on any atom is 0.00968 e. The standard InChI is InChI=1S/C27H36P2/c1-21(24-19-14-20-25(24)29(26(2,3)4)27(5,6)7)28(22-15-10-8-11-16-22)23-17-12-9-13-18-23/h8-19,21H,20H2,1-7H3/t21-/m1/s1. The van der Waals surface area contributed by atoms with E-state index in [9.17, 15) is 0 Å². The summed E-state index contributed by atoms with van der Waals surface area (Å²) >= 11 is 0. The lowest BCUT2D eigenvalue weighted by Crippen LogP contribution is -2.27. The van der Waals surface area contributed by atoms with Crippen LogP contribution in [0.3, 0.4) is 0 Å². The van der Waals surface area contributed by atoms with E-state index in [-0.39, 0.29) is 7.92 Å². The van der Waals surface area contributed by atoms with Crippen molar-refractivity contribution in [2.24, 2.45) is 0 Å². The molecule has 0 heterocycles. The summed E-state index contributed by atoms with van der Waals surface area (Å²) in [4.78, 5) is 0. The molecule has 0 amide bonds. The van der Waals surface area contributed by atoms with Crippen LogP contribution >= 0.6 is 15.8 Å². The fourth-order valence-corrected chi connectivity index (χ4v) is 12.1. The number of hydrogen-bond acceptors (Lipinski definition) is 0. The number of allylic oxidation sites excluding steroid dienone is 4. The van der Waals surface area contributed by atoms with Crippen molar-refractivity contribution in [3.8, 4) is 0 Å². The molecule has 0 nitrogen and oxygen atoms in total. The predicted octanol–water partition coefficient (Wildman–Crippen LogP) is 7.80. The summed E-state index contributed by atoms with van der Waals surface area (Å²) in [5.41, 5.74) is 2.12. The zero-order chi connectivity index (χ0) is 21.2. The third-order valence-corrected chi connectivity index (χ3v) is 11.9. The van der Waals surface area contributed by atoms with Crippen LogP contribution in [0, 0.1) is 0 Å². The monoisotopic (exact) mass is 422 g/mol. The molecule has 1 atom stereocenters. The molecule has 2 aromatic carbocycles. The Kier molecular flexibility index (Phi) is 6.88. The van der Waals surface area contributed by atoms with Gasteiger partial charge in [0.15, 0.2) is 0 Å². The van der Waals surface area contributed by atoms with Crippen LogP contribution in [-0.4, -0.2) is 16.0 Å². The molecule has 0 bridgehead atoms. The molecule has 0 saturated heterocycles. The lowest BCUT2D eigenvalue weighted by molar-refractivity contribution is 0.709. The molecule has 0 spiro atoms. The van der Waals surface area contributed by atoms with Crippen molar-refractivity contribution >= 4 is 26.5 Å². The van der Waals surface area contributed by atoms with Gasteiger partial charge in [-0.15, -0.1) is 0 Å². The van der Waals surface area contributed by atoms with E-state index in [2.05, 4.69) is 121 Å². The van der Waals surface area contributed by atoms with E-state index in [1.165, 1.54) is 10.6 Å². The van der Waals surface area contributed by atoms with Crippen LogP contribution in [0.1, 0.15) is 54.9 Å². The molecule has 1 aliphatic rings. The second kappa shape index (κ2) is 8.88. The summed E-state index contributed by atoms with van der Waals surface area (Å²) in [7, 11) is -0.696. The normalized spacial score (nSPS) is 16.2. The highest BCUT2D eigenvalue weighted by Crippen LogP contribution is 2.68. The van der Waals surface area contributed by atoms with Crippen LogP contribution in [0.25, 0.3) is 0 Å². The maximum atomic E-state index is 2.47. The Morgan fingerprint density at radius 1 is 0.724 bits per heavy atom. The summed E-state index contributed by atoms with van der Waals surface area (Å²) in [5.74, 6) is 0. The topological polar surface area (TPSA) is 0 Å². The van der Waals surface area contributed by atoms with Crippen molar-refractivity contribution < 1.29 is 0 Å². The fraction of sp³-hybridized carbons (Fsp3) is 0.407. The Labute approximate surface area is 181 Å². The minimum absolute atomic E-state index is 0.251. The van der Waals surface area contributed by atoms with Crippen LogP contribution in [0.4, 0.5) is 0 Å². The summed E-state index contributed by atoms with van der Waals surface area (Å²) in [5, 5.41) is 5.30. The Balaban J connectivity index is 2.12. The summed E-state index contributed by atoms with van der Waals surface area (Å²) in [6.07, 6.45) is 6.00. The van der Waals surface area contributed by atoms with Crippen molar-refractivity contribution in [1.29, 1.82) is 0 Å². The van der Waals surface area contributed by atoms with Gasteiger partial charge < -0.3 is 0 Å². The highest BCUT2D eigenvalue weighted by molar-refractivity contribution is 7.74. The lowest BCUT2D eigenvalue weighted by Gasteiger charge is -2.44. The Morgan fingerprint density at radius 2 is 1.17 bits per heavy atom. The lowest BCUT2D eigenvalue weighted by atomic mass is 10.2. The number of hydrogen-bond donors (Lipinski definition) is 0. The van der Waals surface area contributed by atoms with E-state index >= 15 is 0 Å². The summed E-state index contributed by atoms with van der Waals surface area (Å²) in [6.45, 7) is 17.1. The number of rotatable bonds is 5. The van der Waals surface area contributed by atoms with Gasteiger partial charge in [-0.1, -0.05) is 129 Å². The third kappa shape index (κ3) is 5.10. The highest BCUT2D eigenvalue weighted by Gasteiger charge is 2.39. The average molecular weight is 423 g/mol. The fourth-order valence-electron chi connectivity index (χ4n) is 4.84. The van der Waals surface area contributed by atoms with Gasteiger partial charge in [-0.2, -0.15) is 0 Å². The Hall–Kier alpha value is -1.22. The first-order chi connectivity index (χ1) is 13.6.